The number of nitrogen functional groups attached to an aromatic ring is 4. The molecule has 0 spiro atoms. The minimum Gasteiger partial charge on any atom is -0.457 e. The van der Waals surface area contributed by atoms with E-state index in [9.17, 15) is 16.8 Å². The molecule has 13 heteroatoms. The van der Waals surface area contributed by atoms with Crippen LogP contribution in [0.25, 0.3) is 0 Å². The van der Waals surface area contributed by atoms with Crippen LogP contribution in [0.4, 0.5) is 45.5 Å². The zero-order chi connectivity index (χ0) is 34.8. The summed E-state index contributed by atoms with van der Waals surface area (Å²) in [4.78, 5) is 0.410. The van der Waals surface area contributed by atoms with Crippen molar-refractivity contribution in [1.29, 1.82) is 0 Å². The Kier molecular flexibility index (Phi) is 8.78. The molecule has 0 bridgehead atoms. The van der Waals surface area contributed by atoms with E-state index in [-0.39, 0.29) is 31.0 Å². The molecular weight excluding hydrogens is 661 g/mol. The van der Waals surface area contributed by atoms with Crippen LogP contribution in [0, 0.1) is 0 Å². The number of ether oxygens (including phenoxy) is 1. The summed E-state index contributed by atoms with van der Waals surface area (Å²) in [5, 5.41) is 6.40. The van der Waals surface area contributed by atoms with E-state index in [0.29, 0.717) is 34.2 Å². The Morgan fingerprint density at radius 2 is 0.735 bits per heavy atom. The highest BCUT2D eigenvalue weighted by Crippen LogP contribution is 2.33. The molecule has 0 saturated carbocycles. The molecule has 0 atom stereocenters. The van der Waals surface area contributed by atoms with E-state index in [1.54, 1.807) is 36.4 Å². The van der Waals surface area contributed by atoms with Crippen molar-refractivity contribution < 1.29 is 21.6 Å². The SMILES string of the molecule is Nc1ccc(S(=O)(=O)c2ccc(Nc3ccc(Oc4ccc(Nc5ccc(S(=O)(=O)c6ccc(N)cc6)cc5N)cc4)cc3)c(N)c2)cc1. The lowest BCUT2D eigenvalue weighted by Crippen LogP contribution is -2.04. The highest BCUT2D eigenvalue weighted by atomic mass is 32.2. The Balaban J connectivity index is 1.07. The number of anilines is 8. The molecule has 0 aliphatic rings. The van der Waals surface area contributed by atoms with Crippen molar-refractivity contribution in [1.82, 2.24) is 0 Å². The van der Waals surface area contributed by atoms with Crippen LogP contribution < -0.4 is 38.3 Å². The van der Waals surface area contributed by atoms with Crippen molar-refractivity contribution in [3.8, 4) is 11.5 Å². The lowest BCUT2D eigenvalue weighted by atomic mass is 10.2. The standard InChI is InChI=1S/C36H32N6O5S2/c37-23-1-13-29(14-2-23)48(43,44)31-17-19-35(33(39)21-31)41-25-5-9-27(10-6-25)47-28-11-7-26(8-12-28)42-36-20-18-32(22-34(36)40)49(45,46)30-15-3-24(38)4-16-30/h1-22,41-42H,37-40H2. The van der Waals surface area contributed by atoms with Gasteiger partial charge in [0.25, 0.3) is 0 Å². The first-order valence-corrected chi connectivity index (χ1v) is 17.8. The molecule has 0 heterocycles. The topological polar surface area (TPSA) is 206 Å². The fraction of sp³-hybridized carbons (Fsp3) is 0. The van der Waals surface area contributed by atoms with E-state index in [2.05, 4.69) is 10.6 Å². The van der Waals surface area contributed by atoms with Crippen molar-refractivity contribution >= 4 is 65.2 Å². The summed E-state index contributed by atoms with van der Waals surface area (Å²) in [5.41, 5.74) is 27.8. The molecule has 6 aromatic carbocycles. The molecule has 10 N–H and O–H groups in total. The van der Waals surface area contributed by atoms with Gasteiger partial charge in [0, 0.05) is 22.7 Å². The quantitative estimate of drug-likeness (QED) is 0.0809. The van der Waals surface area contributed by atoms with E-state index in [4.69, 9.17) is 27.7 Å². The van der Waals surface area contributed by atoms with Gasteiger partial charge in [0.1, 0.15) is 11.5 Å². The molecule has 0 aliphatic heterocycles. The second kappa shape index (κ2) is 13.1. The normalized spacial score (nSPS) is 11.5. The molecule has 6 rings (SSSR count). The number of hydrogen-bond acceptors (Lipinski definition) is 11. The molecule has 0 radical (unpaired) electrons. The largest absolute Gasteiger partial charge is 0.457 e. The van der Waals surface area contributed by atoms with Crippen molar-refractivity contribution in [2.75, 3.05) is 33.6 Å². The van der Waals surface area contributed by atoms with Gasteiger partial charge in [0.2, 0.25) is 19.7 Å². The summed E-state index contributed by atoms with van der Waals surface area (Å²) in [7, 11) is -7.51. The minimum atomic E-state index is -3.75. The lowest BCUT2D eigenvalue weighted by molar-refractivity contribution is 0.483. The molecule has 49 heavy (non-hydrogen) atoms. The highest BCUT2D eigenvalue weighted by Gasteiger charge is 2.20. The molecule has 0 amide bonds. The van der Waals surface area contributed by atoms with E-state index < -0.39 is 19.7 Å². The highest BCUT2D eigenvalue weighted by molar-refractivity contribution is 7.91. The number of hydrogen-bond donors (Lipinski definition) is 6. The monoisotopic (exact) mass is 692 g/mol. The maximum atomic E-state index is 13.0. The van der Waals surface area contributed by atoms with E-state index >= 15 is 0 Å². The van der Waals surface area contributed by atoms with Crippen LogP contribution >= 0.6 is 0 Å². The Labute approximate surface area is 284 Å². The van der Waals surface area contributed by atoms with E-state index in [1.165, 1.54) is 72.8 Å². The van der Waals surface area contributed by atoms with Gasteiger partial charge < -0.3 is 38.3 Å². The smallest absolute Gasteiger partial charge is 0.206 e. The third-order valence-corrected chi connectivity index (χ3v) is 11.1. The van der Waals surface area contributed by atoms with Crippen molar-refractivity contribution in [2.45, 2.75) is 19.6 Å². The summed E-state index contributed by atoms with van der Waals surface area (Å²) >= 11 is 0. The molecule has 0 saturated heterocycles. The molecule has 0 aliphatic carbocycles. The van der Waals surface area contributed by atoms with Gasteiger partial charge in [0.05, 0.1) is 42.3 Å². The fourth-order valence-corrected chi connectivity index (χ4v) is 7.46. The number of nitrogens with one attached hydrogen (secondary N) is 2. The van der Waals surface area contributed by atoms with Crippen LogP contribution in [0.15, 0.2) is 153 Å². The number of rotatable bonds is 10. The summed E-state index contributed by atoms with van der Waals surface area (Å²) in [6, 6.07) is 35.4. The molecule has 0 fully saturated rings. The van der Waals surface area contributed by atoms with Gasteiger partial charge in [-0.3, -0.25) is 0 Å². The van der Waals surface area contributed by atoms with Crippen LogP contribution in [0.2, 0.25) is 0 Å². The second-order valence-corrected chi connectivity index (χ2v) is 14.9. The zero-order valence-electron chi connectivity index (χ0n) is 25.9. The summed E-state index contributed by atoms with van der Waals surface area (Å²) < 4.78 is 58.0. The molecule has 11 nitrogen and oxygen atoms in total. The van der Waals surface area contributed by atoms with E-state index in [0.717, 1.165) is 11.4 Å². The van der Waals surface area contributed by atoms with Gasteiger partial charge in [-0.1, -0.05) is 0 Å². The van der Waals surface area contributed by atoms with Gasteiger partial charge in [0.15, 0.2) is 0 Å². The van der Waals surface area contributed by atoms with Crippen LogP contribution in [0.1, 0.15) is 0 Å². The number of benzene rings is 6. The average molecular weight is 693 g/mol. The summed E-state index contributed by atoms with van der Waals surface area (Å²) in [6.45, 7) is 0. The third-order valence-electron chi connectivity index (χ3n) is 7.55. The molecular formula is C36H32N6O5S2. The number of nitrogens with two attached hydrogens (primary N) is 4. The first kappa shape index (κ1) is 32.7. The fourth-order valence-electron chi connectivity index (χ4n) is 4.87. The van der Waals surface area contributed by atoms with Gasteiger partial charge >= 0.3 is 0 Å². The first-order chi connectivity index (χ1) is 23.4. The Morgan fingerprint density at radius 3 is 1.06 bits per heavy atom. The van der Waals surface area contributed by atoms with Crippen molar-refractivity contribution in [2.24, 2.45) is 0 Å². The third kappa shape index (κ3) is 7.22. The second-order valence-electron chi connectivity index (χ2n) is 11.0. The first-order valence-electron chi connectivity index (χ1n) is 14.8. The van der Waals surface area contributed by atoms with Crippen LogP contribution in [0.3, 0.4) is 0 Å². The Hall–Kier alpha value is -6.18. The van der Waals surface area contributed by atoms with Gasteiger partial charge in [-0.15, -0.1) is 0 Å². The molecule has 248 valence electrons. The van der Waals surface area contributed by atoms with Crippen molar-refractivity contribution in [3.05, 3.63) is 133 Å². The Morgan fingerprint density at radius 1 is 0.408 bits per heavy atom. The zero-order valence-corrected chi connectivity index (χ0v) is 27.5. The minimum absolute atomic E-state index is 0.0764. The van der Waals surface area contributed by atoms with Gasteiger partial charge in [-0.25, -0.2) is 16.8 Å². The summed E-state index contributed by atoms with van der Waals surface area (Å²) in [6.07, 6.45) is 0. The van der Waals surface area contributed by atoms with Gasteiger partial charge in [-0.2, -0.15) is 0 Å². The predicted octanol–water partition coefficient (Wildman–Crippen LogP) is 6.96. The molecule has 6 aromatic rings. The maximum absolute atomic E-state index is 13.0. The van der Waals surface area contributed by atoms with Crippen LogP contribution in [-0.2, 0) is 19.7 Å². The van der Waals surface area contributed by atoms with Crippen molar-refractivity contribution in [3.63, 3.8) is 0 Å². The summed E-state index contributed by atoms with van der Waals surface area (Å²) in [5.74, 6) is 1.18. The van der Waals surface area contributed by atoms with Crippen LogP contribution in [-0.4, -0.2) is 16.8 Å². The Bertz CT molecular complexity index is 2180. The van der Waals surface area contributed by atoms with Gasteiger partial charge in [-0.05, 0) is 133 Å². The molecule has 0 unspecified atom stereocenters. The lowest BCUT2D eigenvalue weighted by Gasteiger charge is -2.13. The van der Waals surface area contributed by atoms with Crippen LogP contribution in [0.5, 0.6) is 11.5 Å². The maximum Gasteiger partial charge on any atom is 0.206 e. The van der Waals surface area contributed by atoms with E-state index in [1.807, 2.05) is 24.3 Å². The predicted molar refractivity (Wildman–Crippen MR) is 194 cm³/mol. The average Bonchev–Trinajstić information content (AvgIpc) is 3.08. The number of sulfone groups is 2. The molecule has 0 aromatic heterocycles.